The molecule has 4 heteroatoms. The molecular formula is C12H15BrO2S. The van der Waals surface area contributed by atoms with Crippen molar-refractivity contribution in [1.82, 2.24) is 0 Å². The van der Waals surface area contributed by atoms with Crippen LogP contribution >= 0.6 is 15.9 Å². The van der Waals surface area contributed by atoms with Crippen LogP contribution in [0.3, 0.4) is 0 Å². The SMILES string of the molecule is CCCC/C(Br)=C/S(=O)(=O)c1ccccc1. The molecule has 0 unspecified atom stereocenters. The fourth-order valence-electron chi connectivity index (χ4n) is 1.25. The van der Waals surface area contributed by atoms with Gasteiger partial charge in [0.05, 0.1) is 4.90 Å². The Morgan fingerprint density at radius 1 is 1.31 bits per heavy atom. The van der Waals surface area contributed by atoms with Gasteiger partial charge < -0.3 is 0 Å². The summed E-state index contributed by atoms with van der Waals surface area (Å²) in [6, 6.07) is 8.45. The first-order valence-corrected chi connectivity index (χ1v) is 7.56. The Hall–Kier alpha value is -0.610. The Morgan fingerprint density at radius 3 is 2.50 bits per heavy atom. The lowest BCUT2D eigenvalue weighted by molar-refractivity contribution is 0.604. The zero-order chi connectivity index (χ0) is 12.0. The summed E-state index contributed by atoms with van der Waals surface area (Å²) in [5.74, 6) is 0. The van der Waals surface area contributed by atoms with E-state index in [1.165, 1.54) is 5.41 Å². The van der Waals surface area contributed by atoms with E-state index in [-0.39, 0.29) is 0 Å². The fourth-order valence-corrected chi connectivity index (χ4v) is 3.40. The molecule has 2 nitrogen and oxygen atoms in total. The third kappa shape index (κ3) is 4.10. The van der Waals surface area contributed by atoms with Crippen molar-refractivity contribution in [1.29, 1.82) is 0 Å². The van der Waals surface area contributed by atoms with Gasteiger partial charge in [-0.3, -0.25) is 0 Å². The van der Waals surface area contributed by atoms with Crippen molar-refractivity contribution in [3.8, 4) is 0 Å². The molecular weight excluding hydrogens is 288 g/mol. The highest BCUT2D eigenvalue weighted by molar-refractivity contribution is 9.11. The maximum absolute atomic E-state index is 11.9. The molecule has 0 saturated carbocycles. The molecule has 0 fully saturated rings. The van der Waals surface area contributed by atoms with E-state index in [1.54, 1.807) is 30.3 Å². The Balaban J connectivity index is 2.88. The zero-order valence-corrected chi connectivity index (χ0v) is 11.6. The third-order valence-corrected chi connectivity index (χ3v) is 4.58. The smallest absolute Gasteiger partial charge is 0.200 e. The summed E-state index contributed by atoms with van der Waals surface area (Å²) in [4.78, 5) is 0.337. The highest BCUT2D eigenvalue weighted by Crippen LogP contribution is 2.20. The first-order valence-electron chi connectivity index (χ1n) is 5.22. The van der Waals surface area contributed by atoms with E-state index in [4.69, 9.17) is 0 Å². The van der Waals surface area contributed by atoms with Crippen LogP contribution in [0.5, 0.6) is 0 Å². The maximum atomic E-state index is 11.9. The summed E-state index contributed by atoms with van der Waals surface area (Å²) in [7, 11) is -3.30. The summed E-state index contributed by atoms with van der Waals surface area (Å²) >= 11 is 3.29. The minimum absolute atomic E-state index is 0.337. The lowest BCUT2D eigenvalue weighted by Crippen LogP contribution is -1.96. The molecule has 1 aromatic rings. The Bertz CT molecular complexity index is 449. The highest BCUT2D eigenvalue weighted by atomic mass is 79.9. The number of hydrogen-bond acceptors (Lipinski definition) is 2. The summed E-state index contributed by atoms with van der Waals surface area (Å²) < 4.78 is 24.5. The van der Waals surface area contributed by atoms with Gasteiger partial charge >= 0.3 is 0 Å². The summed E-state index contributed by atoms with van der Waals surface area (Å²) in [6.07, 6.45) is 2.80. The van der Waals surface area contributed by atoms with Crippen LogP contribution in [0.2, 0.25) is 0 Å². The molecule has 0 saturated heterocycles. The summed E-state index contributed by atoms with van der Waals surface area (Å²) in [5, 5.41) is 1.30. The highest BCUT2D eigenvalue weighted by Gasteiger charge is 2.10. The van der Waals surface area contributed by atoms with Crippen molar-refractivity contribution in [3.63, 3.8) is 0 Å². The first kappa shape index (κ1) is 13.5. The van der Waals surface area contributed by atoms with Crippen molar-refractivity contribution < 1.29 is 8.42 Å². The second-order valence-electron chi connectivity index (χ2n) is 3.53. The number of rotatable bonds is 5. The summed E-state index contributed by atoms with van der Waals surface area (Å²) in [5.41, 5.74) is 0. The van der Waals surface area contributed by atoms with E-state index in [0.29, 0.717) is 4.90 Å². The van der Waals surface area contributed by atoms with E-state index in [1.807, 2.05) is 0 Å². The molecule has 0 heterocycles. The van der Waals surface area contributed by atoms with Gasteiger partial charge in [0.25, 0.3) is 0 Å². The lowest BCUT2D eigenvalue weighted by atomic mass is 10.2. The molecule has 0 bridgehead atoms. The second-order valence-corrected chi connectivity index (χ2v) is 6.34. The topological polar surface area (TPSA) is 34.1 Å². The molecule has 1 aromatic carbocycles. The van der Waals surface area contributed by atoms with Gasteiger partial charge in [-0.1, -0.05) is 47.5 Å². The van der Waals surface area contributed by atoms with Gasteiger partial charge in [-0.15, -0.1) is 0 Å². The van der Waals surface area contributed by atoms with Crippen LogP contribution in [0.1, 0.15) is 26.2 Å². The first-order chi connectivity index (χ1) is 7.56. The Kier molecular flexibility index (Phi) is 5.22. The predicted molar refractivity (Wildman–Crippen MR) is 70.2 cm³/mol. The third-order valence-electron chi connectivity index (χ3n) is 2.12. The van der Waals surface area contributed by atoms with Crippen LogP contribution < -0.4 is 0 Å². The Labute approximate surface area is 105 Å². The van der Waals surface area contributed by atoms with Gasteiger partial charge in [0.15, 0.2) is 0 Å². The molecule has 0 aliphatic carbocycles. The standard InChI is InChI=1S/C12H15BrO2S/c1-2-3-7-11(13)10-16(14,15)12-8-5-4-6-9-12/h4-6,8-10H,2-3,7H2,1H3/b11-10-. The number of allylic oxidation sites excluding steroid dienone is 1. The van der Waals surface area contributed by atoms with Crippen molar-refractivity contribution >= 4 is 25.8 Å². The van der Waals surface area contributed by atoms with Crippen LogP contribution in [0.15, 0.2) is 45.1 Å². The quantitative estimate of drug-likeness (QED) is 0.827. The fraction of sp³-hybridized carbons (Fsp3) is 0.333. The second kappa shape index (κ2) is 6.21. The van der Waals surface area contributed by atoms with E-state index in [2.05, 4.69) is 22.9 Å². The average Bonchev–Trinajstić information content (AvgIpc) is 2.27. The van der Waals surface area contributed by atoms with Crippen LogP contribution in [-0.4, -0.2) is 8.42 Å². The van der Waals surface area contributed by atoms with E-state index < -0.39 is 9.84 Å². The van der Waals surface area contributed by atoms with E-state index in [9.17, 15) is 8.42 Å². The molecule has 0 radical (unpaired) electrons. The van der Waals surface area contributed by atoms with Gasteiger partial charge in [0, 0.05) is 9.89 Å². The van der Waals surface area contributed by atoms with Crippen LogP contribution in [0, 0.1) is 0 Å². The van der Waals surface area contributed by atoms with Crippen molar-refractivity contribution in [3.05, 3.63) is 40.2 Å². The molecule has 0 N–H and O–H groups in total. The average molecular weight is 303 g/mol. The minimum Gasteiger partial charge on any atom is -0.219 e. The number of unbranched alkanes of at least 4 members (excludes halogenated alkanes) is 1. The predicted octanol–water partition coefficient (Wildman–Crippen LogP) is 3.89. The van der Waals surface area contributed by atoms with Gasteiger partial charge in [-0.05, 0) is 25.0 Å². The number of halogens is 1. The molecule has 0 amide bonds. The van der Waals surface area contributed by atoms with Crippen LogP contribution in [0.4, 0.5) is 0 Å². The number of hydrogen-bond donors (Lipinski definition) is 0. The lowest BCUT2D eigenvalue weighted by Gasteiger charge is -2.00. The van der Waals surface area contributed by atoms with Gasteiger partial charge in [-0.2, -0.15) is 0 Å². The molecule has 0 aliphatic rings. The minimum atomic E-state index is -3.30. The van der Waals surface area contributed by atoms with Gasteiger partial charge in [-0.25, -0.2) is 8.42 Å². The van der Waals surface area contributed by atoms with Crippen LogP contribution in [-0.2, 0) is 9.84 Å². The molecule has 0 atom stereocenters. The van der Waals surface area contributed by atoms with Gasteiger partial charge in [0.1, 0.15) is 0 Å². The maximum Gasteiger partial charge on any atom is 0.200 e. The monoisotopic (exact) mass is 302 g/mol. The largest absolute Gasteiger partial charge is 0.219 e. The molecule has 0 aromatic heterocycles. The van der Waals surface area contributed by atoms with Crippen molar-refractivity contribution in [2.75, 3.05) is 0 Å². The zero-order valence-electron chi connectivity index (χ0n) is 9.19. The van der Waals surface area contributed by atoms with E-state index in [0.717, 1.165) is 23.7 Å². The molecule has 16 heavy (non-hydrogen) atoms. The van der Waals surface area contributed by atoms with Crippen LogP contribution in [0.25, 0.3) is 0 Å². The van der Waals surface area contributed by atoms with E-state index >= 15 is 0 Å². The molecule has 0 aliphatic heterocycles. The number of benzene rings is 1. The number of sulfone groups is 1. The molecule has 0 spiro atoms. The Morgan fingerprint density at radius 2 is 1.94 bits per heavy atom. The van der Waals surface area contributed by atoms with Gasteiger partial charge in [0.2, 0.25) is 9.84 Å². The molecule has 88 valence electrons. The van der Waals surface area contributed by atoms with Crippen molar-refractivity contribution in [2.24, 2.45) is 0 Å². The van der Waals surface area contributed by atoms with Crippen molar-refractivity contribution in [2.45, 2.75) is 31.1 Å². The normalized spacial score (nSPS) is 12.8. The summed E-state index contributed by atoms with van der Waals surface area (Å²) in [6.45, 7) is 2.08. The molecule has 1 rings (SSSR count).